The molecule has 2 aromatic heterocycles. The number of aromatic nitrogens is 3. The fourth-order valence-corrected chi connectivity index (χ4v) is 2.06. The Bertz CT molecular complexity index is 532. The van der Waals surface area contributed by atoms with Crippen LogP contribution in [0.4, 0.5) is 0 Å². The van der Waals surface area contributed by atoms with E-state index in [4.69, 9.17) is 0 Å². The molecule has 0 amide bonds. The van der Waals surface area contributed by atoms with Gasteiger partial charge < -0.3 is 4.57 Å². The first-order valence-corrected chi connectivity index (χ1v) is 5.60. The second kappa shape index (κ2) is 4.16. The van der Waals surface area contributed by atoms with E-state index >= 15 is 0 Å². The summed E-state index contributed by atoms with van der Waals surface area (Å²) in [5.74, 6) is 0. The van der Waals surface area contributed by atoms with Crippen LogP contribution in [0.25, 0.3) is 0 Å². The maximum atomic E-state index is 11.5. The summed E-state index contributed by atoms with van der Waals surface area (Å²) in [6.07, 6.45) is 1.71. The molecule has 0 unspecified atom stereocenters. The molecule has 0 aliphatic heterocycles. The van der Waals surface area contributed by atoms with E-state index in [1.54, 1.807) is 16.8 Å². The van der Waals surface area contributed by atoms with Gasteiger partial charge in [0.2, 0.25) is 0 Å². The number of nitrogens with zero attached hydrogens (tertiary/aromatic N) is 3. The summed E-state index contributed by atoms with van der Waals surface area (Å²) in [5, 5.41) is 9.60. The van der Waals surface area contributed by atoms with Crippen molar-refractivity contribution in [2.45, 2.75) is 18.4 Å². The normalized spacial score (nSPS) is 10.5. The SMILES string of the molecule is Cc1nnc(Cn2ccc(S)cc2=O)s1. The van der Waals surface area contributed by atoms with Crippen LogP contribution >= 0.6 is 24.0 Å². The van der Waals surface area contributed by atoms with E-state index in [1.807, 2.05) is 6.92 Å². The molecule has 6 heteroatoms. The molecule has 0 aliphatic rings. The monoisotopic (exact) mass is 239 g/mol. The molecule has 0 atom stereocenters. The van der Waals surface area contributed by atoms with Gasteiger partial charge in [-0.2, -0.15) is 0 Å². The number of hydrogen-bond acceptors (Lipinski definition) is 5. The van der Waals surface area contributed by atoms with Crippen molar-refractivity contribution in [1.82, 2.24) is 14.8 Å². The lowest BCUT2D eigenvalue weighted by Gasteiger charge is -2.01. The average molecular weight is 239 g/mol. The number of pyridine rings is 1. The predicted molar refractivity (Wildman–Crippen MR) is 61.7 cm³/mol. The van der Waals surface area contributed by atoms with Crippen LogP contribution in [0.5, 0.6) is 0 Å². The van der Waals surface area contributed by atoms with E-state index < -0.39 is 0 Å². The molecule has 0 spiro atoms. The Balaban J connectivity index is 2.28. The molecular weight excluding hydrogens is 230 g/mol. The topological polar surface area (TPSA) is 47.8 Å². The standard InChI is InChI=1S/C9H9N3OS2/c1-6-10-11-8(15-6)5-12-3-2-7(14)4-9(12)13/h2-4,14H,5H2,1H3. The van der Waals surface area contributed by atoms with Crippen LogP contribution in [0.3, 0.4) is 0 Å². The van der Waals surface area contributed by atoms with Crippen molar-refractivity contribution in [3.8, 4) is 0 Å². The largest absolute Gasteiger partial charge is 0.309 e. The molecule has 0 fully saturated rings. The predicted octanol–water partition coefficient (Wildman–Crippen LogP) is 1.35. The van der Waals surface area contributed by atoms with E-state index in [9.17, 15) is 4.79 Å². The molecule has 2 aromatic rings. The molecular formula is C9H9N3OS2. The highest BCUT2D eigenvalue weighted by Crippen LogP contribution is 2.09. The smallest absolute Gasteiger partial charge is 0.252 e. The van der Waals surface area contributed by atoms with E-state index in [-0.39, 0.29) is 5.56 Å². The van der Waals surface area contributed by atoms with Crippen molar-refractivity contribution in [2.24, 2.45) is 0 Å². The summed E-state index contributed by atoms with van der Waals surface area (Å²) in [6.45, 7) is 2.36. The van der Waals surface area contributed by atoms with Gasteiger partial charge in [-0.1, -0.05) is 11.3 Å². The Morgan fingerprint density at radius 2 is 2.33 bits per heavy atom. The van der Waals surface area contributed by atoms with E-state index in [0.717, 1.165) is 10.0 Å². The quantitative estimate of drug-likeness (QED) is 0.805. The minimum atomic E-state index is -0.0737. The summed E-state index contributed by atoms with van der Waals surface area (Å²) >= 11 is 5.59. The minimum Gasteiger partial charge on any atom is -0.309 e. The van der Waals surface area contributed by atoms with Crippen LogP contribution in [0.15, 0.2) is 28.0 Å². The Morgan fingerprint density at radius 3 is 2.93 bits per heavy atom. The molecule has 0 bridgehead atoms. The Labute approximate surface area is 96.0 Å². The molecule has 0 saturated carbocycles. The lowest BCUT2D eigenvalue weighted by molar-refractivity contribution is 0.738. The highest BCUT2D eigenvalue weighted by Gasteiger charge is 2.02. The van der Waals surface area contributed by atoms with Crippen molar-refractivity contribution in [3.63, 3.8) is 0 Å². The van der Waals surface area contributed by atoms with Gasteiger partial charge in [0.25, 0.3) is 5.56 Å². The summed E-state index contributed by atoms with van der Waals surface area (Å²) in [5.41, 5.74) is -0.0737. The highest BCUT2D eigenvalue weighted by molar-refractivity contribution is 7.80. The van der Waals surface area contributed by atoms with Crippen LogP contribution in [0.1, 0.15) is 10.0 Å². The fraction of sp³-hybridized carbons (Fsp3) is 0.222. The van der Waals surface area contributed by atoms with Gasteiger partial charge in [-0.05, 0) is 13.0 Å². The number of aryl methyl sites for hydroxylation is 1. The minimum absolute atomic E-state index is 0.0737. The maximum Gasteiger partial charge on any atom is 0.252 e. The molecule has 0 aromatic carbocycles. The van der Waals surface area contributed by atoms with Crippen molar-refractivity contribution >= 4 is 24.0 Å². The summed E-state index contributed by atoms with van der Waals surface area (Å²) in [6, 6.07) is 3.26. The van der Waals surface area contributed by atoms with Gasteiger partial charge in [0.15, 0.2) is 0 Å². The van der Waals surface area contributed by atoms with Gasteiger partial charge in [-0.25, -0.2) is 0 Å². The third-order valence-electron chi connectivity index (χ3n) is 1.85. The molecule has 2 heterocycles. The molecule has 0 aliphatic carbocycles. The second-order valence-corrected chi connectivity index (χ2v) is 4.85. The second-order valence-electron chi connectivity index (χ2n) is 3.07. The third-order valence-corrected chi connectivity index (χ3v) is 2.95. The lowest BCUT2D eigenvalue weighted by atomic mass is 10.4. The van der Waals surface area contributed by atoms with Crippen molar-refractivity contribution in [1.29, 1.82) is 0 Å². The molecule has 78 valence electrons. The van der Waals surface area contributed by atoms with E-state index in [2.05, 4.69) is 22.8 Å². The maximum absolute atomic E-state index is 11.5. The van der Waals surface area contributed by atoms with E-state index in [1.165, 1.54) is 17.4 Å². The Kier molecular flexibility index (Phi) is 2.88. The highest BCUT2D eigenvalue weighted by atomic mass is 32.1. The molecule has 0 N–H and O–H groups in total. The lowest BCUT2D eigenvalue weighted by Crippen LogP contribution is -2.18. The van der Waals surface area contributed by atoms with Gasteiger partial charge in [0.05, 0.1) is 6.54 Å². The zero-order chi connectivity index (χ0) is 10.8. The number of rotatable bonds is 2. The van der Waals surface area contributed by atoms with Gasteiger partial charge in [-0.3, -0.25) is 4.79 Å². The zero-order valence-electron chi connectivity index (χ0n) is 8.04. The van der Waals surface area contributed by atoms with Crippen molar-refractivity contribution < 1.29 is 0 Å². The summed E-state index contributed by atoms with van der Waals surface area (Å²) in [4.78, 5) is 12.2. The summed E-state index contributed by atoms with van der Waals surface area (Å²) in [7, 11) is 0. The van der Waals surface area contributed by atoms with E-state index in [0.29, 0.717) is 11.4 Å². The Hall–Kier alpha value is -1.14. The first-order chi connectivity index (χ1) is 7.15. The van der Waals surface area contributed by atoms with Crippen LogP contribution < -0.4 is 5.56 Å². The molecule has 15 heavy (non-hydrogen) atoms. The average Bonchev–Trinajstić information content (AvgIpc) is 2.56. The summed E-state index contributed by atoms with van der Waals surface area (Å²) < 4.78 is 1.58. The number of hydrogen-bond donors (Lipinski definition) is 1. The van der Waals surface area contributed by atoms with Crippen LogP contribution in [-0.2, 0) is 6.54 Å². The van der Waals surface area contributed by atoms with Gasteiger partial charge >= 0.3 is 0 Å². The van der Waals surface area contributed by atoms with Gasteiger partial charge in [-0.15, -0.1) is 22.8 Å². The molecule has 2 rings (SSSR count). The number of thiol groups is 1. The zero-order valence-corrected chi connectivity index (χ0v) is 9.76. The first kappa shape index (κ1) is 10.4. The Morgan fingerprint density at radius 1 is 1.53 bits per heavy atom. The van der Waals surface area contributed by atoms with Gasteiger partial charge in [0, 0.05) is 17.2 Å². The molecule has 4 nitrogen and oxygen atoms in total. The third kappa shape index (κ3) is 2.45. The van der Waals surface area contributed by atoms with Gasteiger partial charge in [0.1, 0.15) is 10.0 Å². The van der Waals surface area contributed by atoms with Crippen LogP contribution in [0, 0.1) is 6.92 Å². The first-order valence-electron chi connectivity index (χ1n) is 4.33. The fourth-order valence-electron chi connectivity index (χ4n) is 1.18. The van der Waals surface area contributed by atoms with Crippen molar-refractivity contribution in [3.05, 3.63) is 38.7 Å². The molecule has 0 saturated heterocycles. The van der Waals surface area contributed by atoms with Crippen LogP contribution in [-0.4, -0.2) is 14.8 Å². The van der Waals surface area contributed by atoms with Crippen LogP contribution in [0.2, 0.25) is 0 Å². The molecule has 0 radical (unpaired) electrons. The van der Waals surface area contributed by atoms with Crippen molar-refractivity contribution in [2.75, 3.05) is 0 Å².